The highest BCUT2D eigenvalue weighted by Gasteiger charge is 2.47. The number of Topliss-reactive ketones (excluding diaryl/α,β-unsaturated/α-hetero) is 1. The van der Waals surface area contributed by atoms with Crippen molar-refractivity contribution < 1.29 is 19.1 Å². The van der Waals surface area contributed by atoms with Crippen LogP contribution >= 0.6 is 0 Å². The van der Waals surface area contributed by atoms with Crippen LogP contribution in [0.15, 0.2) is 76.7 Å². The Hall–Kier alpha value is -3.67. The smallest absolute Gasteiger partial charge is 0.294 e. The first-order valence-corrected chi connectivity index (χ1v) is 10.1. The van der Waals surface area contributed by atoms with Crippen LogP contribution < -0.4 is 4.90 Å². The van der Waals surface area contributed by atoms with Gasteiger partial charge >= 0.3 is 0 Å². The molecule has 4 rings (SSSR count). The highest BCUT2D eigenvalue weighted by Crippen LogP contribution is 2.44. The fraction of sp³-hybridized carbons (Fsp3) is 0.240. The summed E-state index contributed by atoms with van der Waals surface area (Å²) in [6, 6.07) is 13.7. The van der Waals surface area contributed by atoms with Crippen molar-refractivity contribution >= 4 is 17.4 Å². The van der Waals surface area contributed by atoms with Crippen molar-refractivity contribution in [2.45, 2.75) is 33.7 Å². The summed E-state index contributed by atoms with van der Waals surface area (Å²) < 4.78 is 5.43. The molecule has 2 aromatic heterocycles. The van der Waals surface area contributed by atoms with Crippen LogP contribution in [0.5, 0.6) is 0 Å². The van der Waals surface area contributed by atoms with E-state index in [1.54, 1.807) is 57.5 Å². The van der Waals surface area contributed by atoms with E-state index in [9.17, 15) is 14.7 Å². The molecule has 0 bridgehead atoms. The molecule has 31 heavy (non-hydrogen) atoms. The summed E-state index contributed by atoms with van der Waals surface area (Å²) in [5.41, 5.74) is 2.14. The number of rotatable bonds is 4. The lowest BCUT2D eigenvalue weighted by Crippen LogP contribution is -2.33. The second kappa shape index (κ2) is 7.54. The van der Waals surface area contributed by atoms with Crippen LogP contribution in [0.4, 0.5) is 5.69 Å². The van der Waals surface area contributed by atoms with Gasteiger partial charge in [0.25, 0.3) is 5.91 Å². The van der Waals surface area contributed by atoms with Crippen molar-refractivity contribution in [3.8, 4) is 11.3 Å². The predicted molar refractivity (Wildman–Crippen MR) is 117 cm³/mol. The minimum absolute atomic E-state index is 0.101. The topological polar surface area (TPSA) is 83.6 Å². The van der Waals surface area contributed by atoms with Gasteiger partial charge in [-0.05, 0) is 49.4 Å². The highest BCUT2D eigenvalue weighted by atomic mass is 16.3. The Labute approximate surface area is 180 Å². The molecule has 6 nitrogen and oxygen atoms in total. The van der Waals surface area contributed by atoms with Gasteiger partial charge < -0.3 is 9.52 Å². The molecule has 1 atom stereocenters. The normalized spacial score (nSPS) is 16.8. The van der Waals surface area contributed by atoms with E-state index in [0.29, 0.717) is 22.7 Å². The second-order valence-electron chi connectivity index (χ2n) is 8.62. The fourth-order valence-electron chi connectivity index (χ4n) is 3.82. The highest BCUT2D eigenvalue weighted by molar-refractivity contribution is 6.17. The maximum Gasteiger partial charge on any atom is 0.294 e. The molecule has 158 valence electrons. The van der Waals surface area contributed by atoms with Gasteiger partial charge in [0.1, 0.15) is 5.76 Å². The largest absolute Gasteiger partial charge is 0.503 e. The number of furan rings is 1. The molecule has 0 radical (unpaired) electrons. The lowest BCUT2D eigenvalue weighted by molar-refractivity contribution is -0.123. The molecular formula is C25H24N2O4. The number of aliphatic hydroxyl groups is 1. The zero-order valence-electron chi connectivity index (χ0n) is 17.9. The van der Waals surface area contributed by atoms with Gasteiger partial charge in [-0.1, -0.05) is 26.8 Å². The van der Waals surface area contributed by atoms with E-state index in [-0.39, 0.29) is 11.4 Å². The van der Waals surface area contributed by atoms with Crippen molar-refractivity contribution in [1.82, 2.24) is 4.98 Å². The van der Waals surface area contributed by atoms with E-state index in [2.05, 4.69) is 4.98 Å². The monoisotopic (exact) mass is 416 g/mol. The van der Waals surface area contributed by atoms with Crippen molar-refractivity contribution in [2.75, 3.05) is 4.90 Å². The van der Waals surface area contributed by atoms with Gasteiger partial charge in [-0.15, -0.1) is 0 Å². The molecular weight excluding hydrogens is 392 g/mol. The molecule has 0 saturated carbocycles. The summed E-state index contributed by atoms with van der Waals surface area (Å²) in [5, 5.41) is 10.8. The SMILES string of the molecule is Cc1ncccc1C1C(C(=O)C(C)(C)C)=C(O)C(=O)N1c1ccc(-c2ccco2)cc1. The summed E-state index contributed by atoms with van der Waals surface area (Å²) in [6.45, 7) is 7.14. The van der Waals surface area contributed by atoms with Gasteiger partial charge in [-0.2, -0.15) is 0 Å². The zero-order chi connectivity index (χ0) is 22.3. The second-order valence-corrected chi connectivity index (χ2v) is 8.62. The lowest BCUT2D eigenvalue weighted by Gasteiger charge is -2.29. The molecule has 1 aliphatic rings. The van der Waals surface area contributed by atoms with Crippen LogP contribution in [-0.2, 0) is 9.59 Å². The summed E-state index contributed by atoms with van der Waals surface area (Å²) >= 11 is 0. The Morgan fingerprint density at radius 3 is 2.39 bits per heavy atom. The maximum absolute atomic E-state index is 13.3. The average molecular weight is 416 g/mol. The molecule has 0 fully saturated rings. The number of pyridine rings is 1. The Kier molecular flexibility index (Phi) is 5.01. The summed E-state index contributed by atoms with van der Waals surface area (Å²) in [4.78, 5) is 32.3. The molecule has 1 amide bonds. The van der Waals surface area contributed by atoms with Gasteiger partial charge in [-0.3, -0.25) is 19.5 Å². The number of carbonyl (C=O) groups excluding carboxylic acids is 2. The first-order valence-electron chi connectivity index (χ1n) is 10.1. The molecule has 0 aliphatic carbocycles. The third-order valence-electron chi connectivity index (χ3n) is 5.43. The van der Waals surface area contributed by atoms with Crippen LogP contribution in [0.25, 0.3) is 11.3 Å². The third-order valence-corrected chi connectivity index (χ3v) is 5.43. The van der Waals surface area contributed by atoms with Crippen LogP contribution in [0.1, 0.15) is 38.1 Å². The number of carbonyl (C=O) groups is 2. The van der Waals surface area contributed by atoms with Crippen molar-refractivity contribution in [3.05, 3.63) is 83.6 Å². The van der Waals surface area contributed by atoms with Gasteiger partial charge in [-0.25, -0.2) is 0 Å². The molecule has 1 N–H and O–H groups in total. The Morgan fingerprint density at radius 2 is 1.81 bits per heavy atom. The average Bonchev–Trinajstić information content (AvgIpc) is 3.35. The van der Waals surface area contributed by atoms with Gasteiger partial charge in [0.2, 0.25) is 0 Å². The quantitative estimate of drug-likeness (QED) is 0.635. The van der Waals surface area contributed by atoms with E-state index in [0.717, 1.165) is 5.56 Å². The summed E-state index contributed by atoms with van der Waals surface area (Å²) in [5.74, 6) is -0.681. The van der Waals surface area contributed by atoms with Crippen molar-refractivity contribution in [2.24, 2.45) is 5.41 Å². The predicted octanol–water partition coefficient (Wildman–Crippen LogP) is 5.17. The van der Waals surface area contributed by atoms with Gasteiger partial charge in [0, 0.05) is 34.1 Å². The number of ketones is 1. The fourth-order valence-corrected chi connectivity index (χ4v) is 3.82. The Morgan fingerprint density at radius 1 is 1.10 bits per heavy atom. The Balaban J connectivity index is 1.84. The van der Waals surface area contributed by atoms with Crippen molar-refractivity contribution in [3.63, 3.8) is 0 Å². The molecule has 3 heterocycles. The number of aryl methyl sites for hydroxylation is 1. The lowest BCUT2D eigenvalue weighted by atomic mass is 9.82. The van der Waals surface area contributed by atoms with E-state index in [1.807, 2.05) is 31.2 Å². The molecule has 1 aromatic carbocycles. The summed E-state index contributed by atoms with van der Waals surface area (Å²) in [7, 11) is 0. The summed E-state index contributed by atoms with van der Waals surface area (Å²) in [6.07, 6.45) is 3.26. The molecule has 6 heteroatoms. The molecule has 1 aliphatic heterocycles. The number of nitrogens with zero attached hydrogens (tertiary/aromatic N) is 2. The standard InChI is InChI=1S/C25H24N2O4/c1-15-18(7-5-13-26-15)21-20(23(29)25(2,3)4)22(28)24(30)27(21)17-11-9-16(10-12-17)19-8-6-14-31-19/h5-14,21,28H,1-4H3. The molecule has 3 aromatic rings. The van der Waals surface area contributed by atoms with Crippen LogP contribution in [0, 0.1) is 12.3 Å². The van der Waals surface area contributed by atoms with E-state index in [4.69, 9.17) is 4.42 Å². The van der Waals surface area contributed by atoms with E-state index in [1.165, 1.54) is 4.90 Å². The van der Waals surface area contributed by atoms with Gasteiger partial charge in [0.15, 0.2) is 11.5 Å². The third kappa shape index (κ3) is 3.54. The molecule has 1 unspecified atom stereocenters. The number of anilines is 1. The molecule has 0 spiro atoms. The van der Waals surface area contributed by atoms with Crippen molar-refractivity contribution in [1.29, 1.82) is 0 Å². The number of hydrogen-bond acceptors (Lipinski definition) is 5. The first kappa shape index (κ1) is 20.6. The van der Waals surface area contributed by atoms with Crippen LogP contribution in [0.2, 0.25) is 0 Å². The number of aromatic nitrogens is 1. The number of benzene rings is 1. The molecule has 0 saturated heterocycles. The maximum atomic E-state index is 13.3. The van der Waals surface area contributed by atoms with E-state index >= 15 is 0 Å². The first-order chi connectivity index (χ1) is 14.7. The number of hydrogen-bond donors (Lipinski definition) is 1. The Bertz CT molecular complexity index is 1170. The van der Waals surface area contributed by atoms with Crippen LogP contribution in [0.3, 0.4) is 0 Å². The minimum atomic E-state index is -0.767. The van der Waals surface area contributed by atoms with E-state index < -0.39 is 23.1 Å². The number of amides is 1. The zero-order valence-corrected chi connectivity index (χ0v) is 17.9. The number of aliphatic hydroxyl groups excluding tert-OH is 1. The van der Waals surface area contributed by atoms with Crippen LogP contribution in [-0.4, -0.2) is 21.8 Å². The minimum Gasteiger partial charge on any atom is -0.503 e. The van der Waals surface area contributed by atoms with Gasteiger partial charge in [0.05, 0.1) is 17.9 Å².